The van der Waals surface area contributed by atoms with Gasteiger partial charge in [-0.25, -0.2) is 9.37 Å². The summed E-state index contributed by atoms with van der Waals surface area (Å²) in [6.07, 6.45) is 3.17. The summed E-state index contributed by atoms with van der Waals surface area (Å²) in [5.41, 5.74) is -0.109. The number of aromatic nitrogens is 2. The van der Waals surface area contributed by atoms with Crippen molar-refractivity contribution < 1.29 is 9.50 Å². The molecule has 1 unspecified atom stereocenters. The molecule has 0 spiro atoms. The number of aryl methyl sites for hydroxylation is 1. The van der Waals surface area contributed by atoms with Crippen molar-refractivity contribution in [2.45, 2.75) is 26.4 Å². The van der Waals surface area contributed by atoms with Crippen LogP contribution in [0.5, 0.6) is 0 Å². The topological polar surface area (TPSA) is 38.0 Å². The van der Waals surface area contributed by atoms with Crippen LogP contribution in [0.2, 0.25) is 0 Å². The fraction of sp³-hybridized carbons (Fsp3) is 0.357. The number of hydrogen-bond acceptors (Lipinski definition) is 2. The van der Waals surface area contributed by atoms with Gasteiger partial charge in [0.1, 0.15) is 11.4 Å². The van der Waals surface area contributed by atoms with Crippen molar-refractivity contribution >= 4 is 0 Å². The second-order valence-electron chi connectivity index (χ2n) is 3.97. The molecule has 4 heteroatoms. The Morgan fingerprint density at radius 2 is 2.00 bits per heavy atom. The van der Waals surface area contributed by atoms with E-state index in [-0.39, 0.29) is 5.82 Å². The maximum absolute atomic E-state index is 13.1. The van der Waals surface area contributed by atoms with Gasteiger partial charge in [0, 0.05) is 7.05 Å². The molecule has 0 aliphatic carbocycles. The highest BCUT2D eigenvalue weighted by molar-refractivity contribution is 5.30. The summed E-state index contributed by atoms with van der Waals surface area (Å²) in [4.78, 5) is 3.95. The lowest BCUT2D eigenvalue weighted by Crippen LogP contribution is -2.25. The van der Waals surface area contributed by atoms with Gasteiger partial charge >= 0.3 is 0 Å². The van der Waals surface area contributed by atoms with Gasteiger partial charge in [-0.3, -0.25) is 0 Å². The van der Waals surface area contributed by atoms with E-state index in [0.717, 1.165) is 0 Å². The Hall–Kier alpha value is -1.68. The molecule has 1 atom stereocenters. The first-order chi connectivity index (χ1) is 8.51. The minimum absolute atomic E-state index is 0.361. The van der Waals surface area contributed by atoms with Crippen LogP contribution < -0.4 is 0 Å². The maximum atomic E-state index is 13.1. The molecule has 1 aromatic carbocycles. The van der Waals surface area contributed by atoms with Gasteiger partial charge in [-0.05, 0) is 24.6 Å². The minimum Gasteiger partial charge on any atom is -0.379 e. The van der Waals surface area contributed by atoms with Gasteiger partial charge in [0.05, 0.1) is 18.2 Å². The number of rotatable bonds is 2. The Morgan fingerprint density at radius 3 is 2.50 bits per heavy atom. The number of hydrogen-bond donors (Lipinski definition) is 1. The molecule has 0 radical (unpaired) electrons. The number of halogens is 1. The van der Waals surface area contributed by atoms with Crippen LogP contribution in [0.15, 0.2) is 36.8 Å². The van der Waals surface area contributed by atoms with Gasteiger partial charge < -0.3 is 9.67 Å². The molecule has 0 aliphatic rings. The van der Waals surface area contributed by atoms with Crippen molar-refractivity contribution in [3.05, 3.63) is 53.9 Å². The van der Waals surface area contributed by atoms with Crippen molar-refractivity contribution in [1.29, 1.82) is 0 Å². The van der Waals surface area contributed by atoms with Gasteiger partial charge in [0.2, 0.25) is 0 Å². The first kappa shape index (κ1) is 14.4. The summed E-state index contributed by atoms with van der Waals surface area (Å²) in [6, 6.07) is 5.95. The second kappa shape index (κ2) is 5.78. The smallest absolute Gasteiger partial charge is 0.128 e. The quantitative estimate of drug-likeness (QED) is 0.890. The van der Waals surface area contributed by atoms with Crippen LogP contribution in [-0.2, 0) is 12.6 Å². The van der Waals surface area contributed by atoms with Crippen molar-refractivity contribution in [2.75, 3.05) is 0 Å². The van der Waals surface area contributed by atoms with Crippen LogP contribution in [-0.4, -0.2) is 14.7 Å². The summed E-state index contributed by atoms with van der Waals surface area (Å²) in [5.74, 6) is -0.361. The van der Waals surface area contributed by atoms with Gasteiger partial charge in [0.25, 0.3) is 0 Å². The van der Waals surface area contributed by atoms with E-state index in [1.54, 1.807) is 43.2 Å². The molecule has 3 nitrogen and oxygen atoms in total. The summed E-state index contributed by atoms with van der Waals surface area (Å²) in [5, 5.41) is 10.4. The number of aliphatic hydroxyl groups is 1. The molecule has 0 saturated carbocycles. The van der Waals surface area contributed by atoms with Crippen LogP contribution in [0.4, 0.5) is 4.39 Å². The Balaban J connectivity index is 0.000000771. The monoisotopic (exact) mass is 250 g/mol. The van der Waals surface area contributed by atoms with E-state index in [1.807, 2.05) is 13.8 Å². The molecule has 0 amide bonds. The lowest BCUT2D eigenvalue weighted by atomic mass is 9.93. The highest BCUT2D eigenvalue weighted by Gasteiger charge is 2.28. The lowest BCUT2D eigenvalue weighted by Gasteiger charge is -2.24. The lowest BCUT2D eigenvalue weighted by molar-refractivity contribution is 0.0938. The fourth-order valence-corrected chi connectivity index (χ4v) is 1.77. The van der Waals surface area contributed by atoms with Crippen molar-refractivity contribution in [3.8, 4) is 0 Å². The third kappa shape index (κ3) is 2.76. The molecule has 2 aromatic rings. The third-order valence-corrected chi connectivity index (χ3v) is 2.70. The Morgan fingerprint density at radius 1 is 1.33 bits per heavy atom. The number of benzene rings is 1. The normalized spacial score (nSPS) is 13.4. The van der Waals surface area contributed by atoms with E-state index in [4.69, 9.17) is 0 Å². The summed E-state index contributed by atoms with van der Waals surface area (Å²) in [6.45, 7) is 5.62. The van der Waals surface area contributed by atoms with Crippen molar-refractivity contribution in [1.82, 2.24) is 9.55 Å². The SMILES string of the molecule is CC.Cn1cncc1C(C)(O)c1cccc(F)c1. The summed E-state index contributed by atoms with van der Waals surface area (Å²) >= 11 is 0. The van der Waals surface area contributed by atoms with Crippen LogP contribution in [0.3, 0.4) is 0 Å². The summed E-state index contributed by atoms with van der Waals surface area (Å²) in [7, 11) is 1.79. The van der Waals surface area contributed by atoms with Gasteiger partial charge in [0.15, 0.2) is 0 Å². The minimum atomic E-state index is -1.24. The molecule has 18 heavy (non-hydrogen) atoms. The van der Waals surface area contributed by atoms with Gasteiger partial charge in [-0.15, -0.1) is 0 Å². The fourth-order valence-electron chi connectivity index (χ4n) is 1.77. The van der Waals surface area contributed by atoms with Gasteiger partial charge in [-0.1, -0.05) is 26.0 Å². The zero-order valence-corrected chi connectivity index (χ0v) is 11.2. The Bertz CT molecular complexity index is 506. The standard InChI is InChI=1S/C12H13FN2O.C2H6/c1-12(16,11-7-14-8-15(11)2)9-4-3-5-10(13)6-9;1-2/h3-8,16H,1-2H3;1-2H3. The first-order valence-electron chi connectivity index (χ1n) is 5.97. The molecule has 1 N–H and O–H groups in total. The second-order valence-corrected chi connectivity index (χ2v) is 3.97. The van der Waals surface area contributed by atoms with Crippen LogP contribution in [0.1, 0.15) is 32.0 Å². The van der Waals surface area contributed by atoms with Crippen LogP contribution >= 0.6 is 0 Å². The molecule has 2 rings (SSSR count). The Kier molecular flexibility index (Phi) is 4.62. The zero-order chi connectivity index (χ0) is 13.8. The predicted molar refractivity (Wildman–Crippen MR) is 69.6 cm³/mol. The van der Waals surface area contributed by atoms with E-state index in [2.05, 4.69) is 4.98 Å². The summed E-state index contributed by atoms with van der Waals surface area (Å²) < 4.78 is 14.8. The average Bonchev–Trinajstić information content (AvgIpc) is 2.79. The van der Waals surface area contributed by atoms with Crippen molar-refractivity contribution in [3.63, 3.8) is 0 Å². The molecular weight excluding hydrogens is 231 g/mol. The molecule has 1 aromatic heterocycles. The highest BCUT2D eigenvalue weighted by atomic mass is 19.1. The molecule has 0 aliphatic heterocycles. The van der Waals surface area contributed by atoms with E-state index in [9.17, 15) is 9.50 Å². The van der Waals surface area contributed by atoms with Gasteiger partial charge in [-0.2, -0.15) is 0 Å². The van der Waals surface area contributed by atoms with Crippen LogP contribution in [0, 0.1) is 5.82 Å². The largest absolute Gasteiger partial charge is 0.379 e. The predicted octanol–water partition coefficient (Wildman–Crippen LogP) is 2.84. The molecule has 98 valence electrons. The molecular formula is C14H19FN2O. The average molecular weight is 250 g/mol. The van der Waals surface area contributed by atoms with E-state index < -0.39 is 5.60 Å². The molecule has 0 bridgehead atoms. The third-order valence-electron chi connectivity index (χ3n) is 2.70. The Labute approximate surface area is 107 Å². The highest BCUT2D eigenvalue weighted by Crippen LogP contribution is 2.28. The molecule has 1 heterocycles. The van der Waals surface area contributed by atoms with E-state index >= 15 is 0 Å². The molecule has 0 saturated heterocycles. The van der Waals surface area contributed by atoms with E-state index in [0.29, 0.717) is 11.3 Å². The number of nitrogens with zero attached hydrogens (tertiary/aromatic N) is 2. The van der Waals surface area contributed by atoms with E-state index in [1.165, 1.54) is 12.1 Å². The van der Waals surface area contributed by atoms with Crippen molar-refractivity contribution in [2.24, 2.45) is 7.05 Å². The first-order valence-corrected chi connectivity index (χ1v) is 5.97. The maximum Gasteiger partial charge on any atom is 0.128 e. The molecule has 0 fully saturated rings. The van der Waals surface area contributed by atoms with Crippen LogP contribution in [0.25, 0.3) is 0 Å². The zero-order valence-electron chi connectivity index (χ0n) is 11.2. The number of imidazole rings is 1.